The molecule has 2 nitrogen and oxygen atoms in total. The predicted octanol–water partition coefficient (Wildman–Crippen LogP) is 2.97. The summed E-state index contributed by atoms with van der Waals surface area (Å²) in [6.45, 7) is 12.6. The first kappa shape index (κ1) is 14.9. The van der Waals surface area contributed by atoms with E-state index in [1.54, 1.807) is 0 Å². The average Bonchev–Trinajstić information content (AvgIpc) is 1.73. The highest BCUT2D eigenvalue weighted by molar-refractivity contribution is 4.74. The van der Waals surface area contributed by atoms with E-state index in [1.807, 2.05) is 0 Å². The van der Waals surface area contributed by atoms with Gasteiger partial charge in [0.15, 0.2) is 0 Å². The fraction of sp³-hybridized carbons (Fsp3) is 1.00. The summed E-state index contributed by atoms with van der Waals surface area (Å²) >= 11 is 0. The smallest absolute Gasteiger partial charge is 0.0569 e. The van der Waals surface area contributed by atoms with Crippen molar-refractivity contribution in [2.75, 3.05) is 0 Å². The van der Waals surface area contributed by atoms with Gasteiger partial charge in [-0.1, -0.05) is 41.5 Å². The van der Waals surface area contributed by atoms with E-state index in [1.165, 1.54) is 0 Å². The Balaban J connectivity index is 3.92. The molecule has 2 heteroatoms. The van der Waals surface area contributed by atoms with Crippen LogP contribution in [-0.4, -0.2) is 22.4 Å². The molecule has 0 aromatic heterocycles. The first-order valence-corrected chi connectivity index (χ1v) is 5.86. The molecule has 2 atom stereocenters. The zero-order valence-corrected chi connectivity index (χ0v) is 11.2. The third-order valence-corrected chi connectivity index (χ3v) is 2.24. The summed E-state index contributed by atoms with van der Waals surface area (Å²) in [4.78, 5) is 0. The van der Waals surface area contributed by atoms with Gasteiger partial charge in [0.2, 0.25) is 0 Å². The van der Waals surface area contributed by atoms with Crippen LogP contribution in [0.3, 0.4) is 0 Å². The van der Waals surface area contributed by atoms with Crippen LogP contribution in [0.5, 0.6) is 0 Å². The van der Waals surface area contributed by atoms with Crippen LogP contribution in [0.25, 0.3) is 0 Å². The second-order valence-corrected chi connectivity index (χ2v) is 7.07. The maximum atomic E-state index is 9.79. The lowest BCUT2D eigenvalue weighted by atomic mass is 9.84. The lowest BCUT2D eigenvalue weighted by Gasteiger charge is -2.27. The highest BCUT2D eigenvalue weighted by Gasteiger charge is 2.22. The molecule has 0 bridgehead atoms. The minimum Gasteiger partial charge on any atom is -0.393 e. The number of rotatable bonds is 4. The van der Waals surface area contributed by atoms with E-state index in [0.29, 0.717) is 6.42 Å². The van der Waals surface area contributed by atoms with Crippen molar-refractivity contribution in [1.82, 2.24) is 0 Å². The van der Waals surface area contributed by atoms with Gasteiger partial charge in [-0.05, 0) is 30.1 Å². The lowest BCUT2D eigenvalue weighted by Crippen LogP contribution is -2.26. The second-order valence-electron chi connectivity index (χ2n) is 7.07. The third-order valence-electron chi connectivity index (χ3n) is 2.24. The molecule has 0 aliphatic heterocycles. The second kappa shape index (κ2) is 5.31. The molecule has 92 valence electrons. The Labute approximate surface area is 94.7 Å². The molecule has 0 saturated heterocycles. The van der Waals surface area contributed by atoms with Crippen molar-refractivity contribution in [3.63, 3.8) is 0 Å². The third kappa shape index (κ3) is 10.2. The topological polar surface area (TPSA) is 40.5 Å². The van der Waals surface area contributed by atoms with E-state index >= 15 is 0 Å². The van der Waals surface area contributed by atoms with Gasteiger partial charge in [0, 0.05) is 0 Å². The molecular formula is C13H28O2. The Hall–Kier alpha value is -0.0800. The highest BCUT2D eigenvalue weighted by Crippen LogP contribution is 2.26. The molecule has 0 aromatic rings. The molecular weight excluding hydrogens is 188 g/mol. The fourth-order valence-corrected chi connectivity index (χ4v) is 1.89. The van der Waals surface area contributed by atoms with Crippen LogP contribution in [0.4, 0.5) is 0 Å². The van der Waals surface area contributed by atoms with Crippen molar-refractivity contribution in [1.29, 1.82) is 0 Å². The Morgan fingerprint density at radius 3 is 1.20 bits per heavy atom. The number of aliphatic hydroxyl groups excluding tert-OH is 2. The van der Waals surface area contributed by atoms with Crippen LogP contribution >= 0.6 is 0 Å². The van der Waals surface area contributed by atoms with Gasteiger partial charge >= 0.3 is 0 Å². The molecule has 0 heterocycles. The molecule has 0 fully saturated rings. The van der Waals surface area contributed by atoms with E-state index < -0.39 is 0 Å². The largest absolute Gasteiger partial charge is 0.393 e. The van der Waals surface area contributed by atoms with Crippen molar-refractivity contribution in [2.24, 2.45) is 10.8 Å². The van der Waals surface area contributed by atoms with Gasteiger partial charge in [0.05, 0.1) is 12.2 Å². The molecule has 0 aromatic carbocycles. The minimum atomic E-state index is -0.387. The van der Waals surface area contributed by atoms with Gasteiger partial charge in [0.25, 0.3) is 0 Å². The summed E-state index contributed by atoms with van der Waals surface area (Å²) in [5, 5.41) is 19.6. The van der Waals surface area contributed by atoms with E-state index in [0.717, 1.165) is 12.8 Å². The van der Waals surface area contributed by atoms with Crippen LogP contribution in [0.15, 0.2) is 0 Å². The van der Waals surface area contributed by atoms with Gasteiger partial charge in [-0.25, -0.2) is 0 Å². The van der Waals surface area contributed by atoms with E-state index in [9.17, 15) is 10.2 Å². The monoisotopic (exact) mass is 216 g/mol. The molecule has 0 saturated carbocycles. The first-order chi connectivity index (χ1) is 6.49. The van der Waals surface area contributed by atoms with Crippen molar-refractivity contribution < 1.29 is 10.2 Å². The highest BCUT2D eigenvalue weighted by atomic mass is 16.3. The first-order valence-electron chi connectivity index (χ1n) is 5.86. The molecule has 0 radical (unpaired) electrons. The zero-order valence-electron chi connectivity index (χ0n) is 11.2. The summed E-state index contributed by atoms with van der Waals surface area (Å²) in [5.74, 6) is 0. The molecule has 2 N–H and O–H groups in total. The van der Waals surface area contributed by atoms with Crippen LogP contribution in [0, 0.1) is 10.8 Å². The Morgan fingerprint density at radius 1 is 0.733 bits per heavy atom. The van der Waals surface area contributed by atoms with E-state index in [-0.39, 0.29) is 23.0 Å². The molecule has 0 aliphatic carbocycles. The van der Waals surface area contributed by atoms with Gasteiger partial charge in [0.1, 0.15) is 0 Å². The van der Waals surface area contributed by atoms with Gasteiger partial charge in [-0.3, -0.25) is 0 Å². The summed E-state index contributed by atoms with van der Waals surface area (Å²) in [6.07, 6.45) is 1.21. The SMILES string of the molecule is CC(C)(C)CC(O)CC(O)CC(C)(C)C. The maximum Gasteiger partial charge on any atom is 0.0569 e. The summed E-state index contributed by atoms with van der Waals surface area (Å²) < 4.78 is 0. The Kier molecular flexibility index (Phi) is 5.28. The summed E-state index contributed by atoms with van der Waals surface area (Å²) in [5.41, 5.74) is 0.252. The number of hydrogen-bond acceptors (Lipinski definition) is 2. The minimum absolute atomic E-state index is 0.126. The molecule has 0 amide bonds. The average molecular weight is 216 g/mol. The van der Waals surface area contributed by atoms with Crippen LogP contribution in [0.1, 0.15) is 60.8 Å². The Morgan fingerprint density at radius 2 is 1.00 bits per heavy atom. The Bertz CT molecular complexity index is 154. The van der Waals surface area contributed by atoms with Gasteiger partial charge in [-0.15, -0.1) is 0 Å². The zero-order chi connectivity index (χ0) is 12.3. The van der Waals surface area contributed by atoms with Crippen LogP contribution in [0.2, 0.25) is 0 Å². The summed E-state index contributed by atoms with van der Waals surface area (Å²) in [7, 11) is 0. The standard InChI is InChI=1S/C13H28O2/c1-12(2,3)8-10(14)7-11(15)9-13(4,5)6/h10-11,14-15H,7-9H2,1-6H3. The van der Waals surface area contributed by atoms with Crippen molar-refractivity contribution >= 4 is 0 Å². The quantitative estimate of drug-likeness (QED) is 0.758. The van der Waals surface area contributed by atoms with Crippen LogP contribution < -0.4 is 0 Å². The predicted molar refractivity (Wildman–Crippen MR) is 64.8 cm³/mol. The summed E-state index contributed by atoms with van der Waals surface area (Å²) in [6, 6.07) is 0. The number of hydrogen-bond donors (Lipinski definition) is 2. The van der Waals surface area contributed by atoms with Crippen LogP contribution in [-0.2, 0) is 0 Å². The van der Waals surface area contributed by atoms with E-state index in [2.05, 4.69) is 41.5 Å². The van der Waals surface area contributed by atoms with Crippen molar-refractivity contribution in [3.8, 4) is 0 Å². The molecule has 0 spiro atoms. The lowest BCUT2D eigenvalue weighted by molar-refractivity contribution is 0.0372. The molecule has 0 aliphatic rings. The normalized spacial score (nSPS) is 17.6. The number of aliphatic hydroxyl groups is 2. The van der Waals surface area contributed by atoms with Crippen molar-refractivity contribution in [2.45, 2.75) is 73.0 Å². The molecule has 2 unspecified atom stereocenters. The van der Waals surface area contributed by atoms with Crippen molar-refractivity contribution in [3.05, 3.63) is 0 Å². The fourth-order valence-electron chi connectivity index (χ4n) is 1.89. The maximum absolute atomic E-state index is 9.79. The van der Waals surface area contributed by atoms with Gasteiger partial charge < -0.3 is 10.2 Å². The molecule has 15 heavy (non-hydrogen) atoms. The van der Waals surface area contributed by atoms with E-state index in [4.69, 9.17) is 0 Å². The van der Waals surface area contributed by atoms with Gasteiger partial charge in [-0.2, -0.15) is 0 Å². The molecule has 0 rings (SSSR count).